The van der Waals surface area contributed by atoms with E-state index in [-0.39, 0.29) is 12.5 Å². The lowest BCUT2D eigenvalue weighted by molar-refractivity contribution is -0.118. The Morgan fingerprint density at radius 1 is 1.00 bits per heavy atom. The van der Waals surface area contributed by atoms with Gasteiger partial charge in [0, 0.05) is 11.3 Å². The minimum atomic E-state index is -0.280. The number of nitrogens with zero attached hydrogens (tertiary/aromatic N) is 1. The van der Waals surface area contributed by atoms with Crippen molar-refractivity contribution < 1.29 is 23.4 Å². The van der Waals surface area contributed by atoms with Crippen molar-refractivity contribution in [2.24, 2.45) is 0 Å². The first-order chi connectivity index (χ1) is 15.1. The van der Waals surface area contributed by atoms with E-state index in [1.54, 1.807) is 56.7 Å². The number of benzene rings is 3. The number of ether oxygens (including phenoxy) is 3. The van der Waals surface area contributed by atoms with Gasteiger partial charge in [-0.3, -0.25) is 4.79 Å². The van der Waals surface area contributed by atoms with Gasteiger partial charge in [0.1, 0.15) is 22.8 Å². The molecule has 0 aliphatic carbocycles. The molecule has 0 saturated carbocycles. The van der Waals surface area contributed by atoms with E-state index in [1.165, 1.54) is 0 Å². The van der Waals surface area contributed by atoms with Gasteiger partial charge < -0.3 is 23.9 Å². The molecule has 0 atom stereocenters. The molecule has 0 aliphatic rings. The van der Waals surface area contributed by atoms with Crippen molar-refractivity contribution in [2.45, 2.75) is 0 Å². The molecule has 8 heteroatoms. The molecule has 0 saturated heterocycles. The molecular weight excluding hydrogens is 464 g/mol. The summed E-state index contributed by atoms with van der Waals surface area (Å²) in [5, 5.41) is 2.81. The number of fused-ring (bicyclic) bond motifs is 1. The molecule has 3 aromatic carbocycles. The zero-order chi connectivity index (χ0) is 21.8. The summed E-state index contributed by atoms with van der Waals surface area (Å²) >= 11 is 3.47. The van der Waals surface area contributed by atoms with Crippen LogP contribution < -0.4 is 19.5 Å². The molecule has 0 fully saturated rings. The van der Waals surface area contributed by atoms with Gasteiger partial charge in [-0.15, -0.1) is 0 Å². The fourth-order valence-electron chi connectivity index (χ4n) is 2.95. The molecule has 0 bridgehead atoms. The first-order valence-corrected chi connectivity index (χ1v) is 10.2. The predicted octanol–water partition coefficient (Wildman–Crippen LogP) is 5.29. The van der Waals surface area contributed by atoms with Gasteiger partial charge in [0.15, 0.2) is 12.2 Å². The highest BCUT2D eigenvalue weighted by atomic mass is 79.9. The number of oxazole rings is 1. The lowest BCUT2D eigenvalue weighted by atomic mass is 10.2. The van der Waals surface area contributed by atoms with Crippen LogP contribution in [0.5, 0.6) is 17.2 Å². The number of hydrogen-bond donors (Lipinski definition) is 1. The Labute approximate surface area is 187 Å². The van der Waals surface area contributed by atoms with E-state index in [4.69, 9.17) is 18.6 Å². The topological polar surface area (TPSA) is 82.8 Å². The highest BCUT2D eigenvalue weighted by molar-refractivity contribution is 9.10. The molecular formula is C23H19BrN2O5. The summed E-state index contributed by atoms with van der Waals surface area (Å²) in [5.74, 6) is 2.22. The summed E-state index contributed by atoms with van der Waals surface area (Å²) in [6.45, 7) is -0.117. The Hall–Kier alpha value is -3.52. The fourth-order valence-corrected chi connectivity index (χ4v) is 3.49. The third kappa shape index (κ3) is 4.80. The first kappa shape index (κ1) is 20.7. The van der Waals surface area contributed by atoms with Crippen LogP contribution in [0.25, 0.3) is 22.6 Å². The second-order valence-electron chi connectivity index (χ2n) is 6.56. The molecule has 1 N–H and O–H groups in total. The molecule has 7 nitrogen and oxygen atoms in total. The zero-order valence-corrected chi connectivity index (χ0v) is 18.4. The van der Waals surface area contributed by atoms with Gasteiger partial charge in [0.05, 0.1) is 18.7 Å². The van der Waals surface area contributed by atoms with Crippen LogP contribution in [0.1, 0.15) is 0 Å². The molecule has 0 radical (unpaired) electrons. The minimum Gasteiger partial charge on any atom is -0.497 e. The number of halogens is 1. The van der Waals surface area contributed by atoms with E-state index in [9.17, 15) is 4.79 Å². The van der Waals surface area contributed by atoms with E-state index in [0.29, 0.717) is 28.4 Å². The Kier molecular flexibility index (Phi) is 6.08. The maximum Gasteiger partial charge on any atom is 0.262 e. The van der Waals surface area contributed by atoms with Gasteiger partial charge in [0.25, 0.3) is 5.91 Å². The molecule has 4 rings (SSSR count). The fraction of sp³-hybridized carbons (Fsp3) is 0.130. The summed E-state index contributed by atoms with van der Waals surface area (Å²) in [7, 11) is 3.20. The van der Waals surface area contributed by atoms with Crippen molar-refractivity contribution in [3.05, 3.63) is 65.1 Å². The number of amides is 1. The third-order valence-corrected chi connectivity index (χ3v) is 5.12. The third-order valence-electron chi connectivity index (χ3n) is 4.50. The molecule has 4 aromatic rings. The van der Waals surface area contributed by atoms with Gasteiger partial charge >= 0.3 is 0 Å². The predicted molar refractivity (Wildman–Crippen MR) is 121 cm³/mol. The number of methoxy groups -OCH3 is 2. The second kappa shape index (κ2) is 9.09. The lowest BCUT2D eigenvalue weighted by Crippen LogP contribution is -2.20. The minimum absolute atomic E-state index is 0.117. The number of anilines is 1. The number of rotatable bonds is 7. The van der Waals surface area contributed by atoms with Crippen LogP contribution in [0.4, 0.5) is 5.69 Å². The molecule has 0 aliphatic heterocycles. The normalized spacial score (nSPS) is 10.7. The molecule has 1 heterocycles. The Morgan fingerprint density at radius 3 is 2.48 bits per heavy atom. The SMILES string of the molecule is COc1ccc(OCC(=O)Nc2ccc3oc(-c4ccc(OC)c(Br)c4)nc3c2)cc1. The Balaban J connectivity index is 1.43. The largest absolute Gasteiger partial charge is 0.497 e. The highest BCUT2D eigenvalue weighted by Gasteiger charge is 2.12. The summed E-state index contributed by atoms with van der Waals surface area (Å²) in [6, 6.07) is 17.9. The highest BCUT2D eigenvalue weighted by Crippen LogP contribution is 2.32. The number of carbonyl (C=O) groups excluding carboxylic acids is 1. The van der Waals surface area contributed by atoms with E-state index < -0.39 is 0 Å². The smallest absolute Gasteiger partial charge is 0.262 e. The van der Waals surface area contributed by atoms with E-state index in [0.717, 1.165) is 21.5 Å². The summed E-state index contributed by atoms with van der Waals surface area (Å²) in [4.78, 5) is 16.8. The molecule has 31 heavy (non-hydrogen) atoms. The van der Waals surface area contributed by atoms with Gasteiger partial charge in [-0.25, -0.2) is 4.98 Å². The molecule has 158 valence electrons. The lowest BCUT2D eigenvalue weighted by Gasteiger charge is -2.08. The van der Waals surface area contributed by atoms with Crippen molar-refractivity contribution >= 4 is 38.6 Å². The molecule has 0 spiro atoms. The summed E-state index contributed by atoms with van der Waals surface area (Å²) in [6.07, 6.45) is 0. The maximum absolute atomic E-state index is 12.2. The van der Waals surface area contributed by atoms with Crippen molar-refractivity contribution in [3.8, 4) is 28.7 Å². The number of carbonyl (C=O) groups is 1. The van der Waals surface area contributed by atoms with Crippen LogP contribution in [0.2, 0.25) is 0 Å². The van der Waals surface area contributed by atoms with E-state index in [1.807, 2.05) is 18.2 Å². The van der Waals surface area contributed by atoms with Crippen LogP contribution in [0.3, 0.4) is 0 Å². The summed E-state index contributed by atoms with van der Waals surface area (Å²) < 4.78 is 22.5. The average molecular weight is 483 g/mol. The maximum atomic E-state index is 12.2. The van der Waals surface area contributed by atoms with E-state index >= 15 is 0 Å². The zero-order valence-electron chi connectivity index (χ0n) is 16.8. The second-order valence-corrected chi connectivity index (χ2v) is 7.42. The van der Waals surface area contributed by atoms with Gasteiger partial charge in [-0.05, 0) is 76.6 Å². The standard InChI is InChI=1S/C23H19BrN2O5/c1-28-16-5-7-17(8-6-16)30-13-22(27)25-15-4-10-21-19(12-15)26-23(31-21)14-3-9-20(29-2)18(24)11-14/h3-12H,13H2,1-2H3,(H,25,27). The van der Waals surface area contributed by atoms with Crippen LogP contribution in [0, 0.1) is 0 Å². The van der Waals surface area contributed by atoms with Crippen LogP contribution in [0.15, 0.2) is 69.6 Å². The van der Waals surface area contributed by atoms with Crippen LogP contribution in [-0.2, 0) is 4.79 Å². The van der Waals surface area contributed by atoms with Crippen molar-refractivity contribution in [1.82, 2.24) is 4.98 Å². The van der Waals surface area contributed by atoms with Gasteiger partial charge in [-0.1, -0.05) is 0 Å². The molecule has 1 amide bonds. The number of aromatic nitrogens is 1. The average Bonchev–Trinajstić information content (AvgIpc) is 3.21. The first-order valence-electron chi connectivity index (χ1n) is 9.37. The monoisotopic (exact) mass is 482 g/mol. The van der Waals surface area contributed by atoms with Crippen LogP contribution >= 0.6 is 15.9 Å². The van der Waals surface area contributed by atoms with Gasteiger partial charge in [-0.2, -0.15) is 0 Å². The summed E-state index contributed by atoms with van der Waals surface area (Å²) in [5.41, 5.74) is 2.67. The van der Waals surface area contributed by atoms with Crippen molar-refractivity contribution in [3.63, 3.8) is 0 Å². The van der Waals surface area contributed by atoms with Crippen molar-refractivity contribution in [1.29, 1.82) is 0 Å². The van der Waals surface area contributed by atoms with Crippen LogP contribution in [-0.4, -0.2) is 31.7 Å². The molecule has 1 aromatic heterocycles. The Morgan fingerprint density at radius 2 is 1.77 bits per heavy atom. The number of nitrogens with one attached hydrogen (secondary N) is 1. The van der Waals surface area contributed by atoms with Crippen molar-refractivity contribution in [2.75, 3.05) is 26.1 Å². The number of hydrogen-bond acceptors (Lipinski definition) is 6. The Bertz CT molecular complexity index is 1220. The van der Waals surface area contributed by atoms with E-state index in [2.05, 4.69) is 26.2 Å². The molecule has 0 unspecified atom stereocenters. The van der Waals surface area contributed by atoms with Gasteiger partial charge in [0.2, 0.25) is 5.89 Å². The quantitative estimate of drug-likeness (QED) is 0.385.